The molecular weight excluding hydrogens is 1670 g/mol. The fourth-order valence-corrected chi connectivity index (χ4v) is 23.1. The van der Waals surface area contributed by atoms with Crippen LogP contribution in [0.25, 0.3) is 0 Å². The van der Waals surface area contributed by atoms with Gasteiger partial charge in [0.25, 0.3) is 0 Å². The lowest BCUT2D eigenvalue weighted by molar-refractivity contribution is -0.386. The molecule has 0 radical (unpaired) electrons. The summed E-state index contributed by atoms with van der Waals surface area (Å²) in [6, 6.07) is 0. The third kappa shape index (κ3) is 18.3. The molecule has 0 bridgehead atoms. The molecule has 4 saturated carbocycles. The average molecular weight is 1810 g/mol. The van der Waals surface area contributed by atoms with Gasteiger partial charge < -0.3 is 208 Å². The lowest BCUT2D eigenvalue weighted by Gasteiger charge is -2.71. The Morgan fingerprint density at radius 1 is 0.384 bits per heavy atom. The molecule has 5 aliphatic carbocycles. The summed E-state index contributed by atoms with van der Waals surface area (Å²) in [6.07, 6.45) is -66.3. The predicted molar refractivity (Wildman–Crippen MR) is 410 cm³/mol. The van der Waals surface area contributed by atoms with Crippen molar-refractivity contribution in [3.05, 3.63) is 11.6 Å². The Balaban J connectivity index is 0.604. The largest absolute Gasteiger partial charge is 0.432 e. The first-order valence-corrected chi connectivity index (χ1v) is 43.7. The fourth-order valence-electron chi connectivity index (χ4n) is 23.1. The Morgan fingerprint density at radius 3 is 1.42 bits per heavy atom. The van der Waals surface area contributed by atoms with E-state index in [1.54, 1.807) is 0 Å². The molecule has 0 aromatic rings. The molecule has 0 amide bonds. The summed E-state index contributed by atoms with van der Waals surface area (Å²) in [5, 5.41) is 265. The molecule has 8 unspecified atom stereocenters. The van der Waals surface area contributed by atoms with Crippen LogP contribution >= 0.6 is 0 Å². The van der Waals surface area contributed by atoms with Crippen LogP contribution < -0.4 is 0 Å². The molecule has 13 fully saturated rings. The van der Waals surface area contributed by atoms with Crippen molar-refractivity contribution in [1.82, 2.24) is 0 Å². The summed E-state index contributed by atoms with van der Waals surface area (Å²) in [7, 11) is 0. The van der Waals surface area contributed by atoms with E-state index in [1.807, 2.05) is 0 Å². The summed E-state index contributed by atoms with van der Waals surface area (Å²) in [6.45, 7) is 15.7. The van der Waals surface area contributed by atoms with Crippen LogP contribution in [0.4, 0.5) is 0 Å². The van der Waals surface area contributed by atoms with Crippen LogP contribution in [0, 0.1) is 50.2 Å². The Morgan fingerprint density at radius 2 is 0.832 bits per heavy atom. The second kappa shape index (κ2) is 38.0. The quantitative estimate of drug-likeness (QED) is 0.0272. The van der Waals surface area contributed by atoms with Crippen molar-refractivity contribution in [2.45, 2.75) is 404 Å². The number of hydrogen-bond donors (Lipinski definition) is 24. The number of rotatable bonds is 22. The standard InChI is InChI=1S/C82H134O43/c1-28-42(86)49(93)56(100)67(112-28)109-25-37-46(90)51(95)58(102)72(119-37)122-64-36(23-84)117-71(61(105)54(64)98)118-39-27-111-69(55(99)48(39)92)123-65-44(88)30(3)114-74(62(65)106)124-66-45(89)34(85)24-108-75(66)115-31-19-78(6,7)40-13-14-81(10)41(79(40,8)20-31)12-11-32-33-21-77(4,5)15-17-82(33,18-16-80(32,81)9)76(107)125-73-59(103)52(96)47(91)38(120-73)26-110-68-60(104)53(97)63(35(22-83)116-68)121-70-57(101)50(94)43(87)29(2)113-70/h11,28-31,33-75,83-106H,12-27H2,1-10H3/t28?,29?,30?,31-,33+,34+,35?,36?,37?,38?,39-,40+,41-,42+,43+,44+,45+,46-,47-,48-,49-,50-,51+,52+,53-,54-,55-,56-,57-,58-,59-,60-,61-,62-,63-,64-,65?,66-,67-,68-,69+,70+,71-,72+,73-,74+,75-,79+,80-,81-,82+/m1/s1. The van der Waals surface area contributed by atoms with Gasteiger partial charge in [0.15, 0.2) is 50.3 Å². The van der Waals surface area contributed by atoms with E-state index in [2.05, 4.69) is 54.5 Å². The highest BCUT2D eigenvalue weighted by Crippen LogP contribution is 2.76. The van der Waals surface area contributed by atoms with Crippen molar-refractivity contribution in [1.29, 1.82) is 0 Å². The van der Waals surface area contributed by atoms with E-state index < -0.39 is 338 Å². The predicted octanol–water partition coefficient (Wildman–Crippen LogP) is -8.55. The summed E-state index contributed by atoms with van der Waals surface area (Å²) < 4.78 is 107. The summed E-state index contributed by atoms with van der Waals surface area (Å²) in [4.78, 5) is 15.5. The smallest absolute Gasteiger partial charge is 0.315 e. The molecule has 0 aromatic carbocycles. The van der Waals surface area contributed by atoms with Crippen LogP contribution in [0.15, 0.2) is 11.6 Å². The monoisotopic (exact) mass is 1810 g/mol. The zero-order chi connectivity index (χ0) is 91.0. The highest BCUT2D eigenvalue weighted by atomic mass is 16.8. The number of ether oxygens (including phenoxy) is 18. The number of carbonyl (C=O) groups excluding carboxylic acids is 1. The highest BCUT2D eigenvalue weighted by Gasteiger charge is 2.71. The number of fused-ring (bicyclic) bond motifs is 7. The number of hydrogen-bond acceptors (Lipinski definition) is 43. The maximum Gasteiger partial charge on any atom is 0.315 e. The molecule has 14 rings (SSSR count). The molecule has 24 N–H and O–H groups in total. The minimum absolute atomic E-state index is 0.0204. The fraction of sp³-hybridized carbons (Fsp3) is 0.963. The first kappa shape index (κ1) is 98.6. The minimum atomic E-state index is -2.10. The van der Waals surface area contributed by atoms with Crippen LogP contribution in [0.2, 0.25) is 0 Å². The van der Waals surface area contributed by atoms with Crippen molar-refractivity contribution >= 4 is 5.97 Å². The van der Waals surface area contributed by atoms with E-state index in [1.165, 1.54) is 20.8 Å². The van der Waals surface area contributed by atoms with E-state index >= 15 is 4.79 Å². The Labute approximate surface area is 721 Å². The first-order chi connectivity index (χ1) is 58.7. The van der Waals surface area contributed by atoms with Crippen molar-refractivity contribution in [3.63, 3.8) is 0 Å². The topological polar surface area (TPSA) is 669 Å². The van der Waals surface area contributed by atoms with Crippen molar-refractivity contribution in [3.8, 4) is 0 Å². The molecule has 14 aliphatic rings. The van der Waals surface area contributed by atoms with Gasteiger partial charge in [-0.15, -0.1) is 0 Å². The molecule has 51 atom stereocenters. The van der Waals surface area contributed by atoms with E-state index in [9.17, 15) is 123 Å². The number of aliphatic hydroxyl groups is 24. The molecular formula is C82H134O43. The van der Waals surface area contributed by atoms with Gasteiger partial charge in [-0.2, -0.15) is 0 Å². The third-order valence-electron chi connectivity index (χ3n) is 30.8. The molecule has 9 aliphatic heterocycles. The lowest BCUT2D eigenvalue weighted by Crippen LogP contribution is -2.66. The SMILES string of the molecule is CC1O[C@@H](O[C@H]2[C@@H](O[C@@H]3CC(C)(C)[C@@H]4CC[C@]5(C)[C@H](CC=C6[C@@H]7CC(C)(C)CC[C@]7(C(=O)O[C@H]7OC(CO[C@@H]8OC(CO)[C@@H](O[C@@H]9OC(C)[C@H](O)[C@@H](O)[C@H]9O)[C@H](O)[C@H]8O)[C@@H](O)[C@H](O)[C@H]7O)CC[C@]65C)[C@@]4(C)C3)OC[C@H](O)[C@@H]2O)[C@H](O)C(O[C@@H]2OC[C@@H](O[C@H]3OC(CO)[C@@H](O[C@@H]4OC(CO[C@@H]5OC(C)[C@H](O)[C@@H](O)[C@H]5O)[C@@H](O)[C@H](O)[C@H]4O)[C@H](O)[C@H]3O)[C@@H](O)[C@H]2O)[C@H]1O. The Kier molecular flexibility index (Phi) is 30.0. The van der Waals surface area contributed by atoms with Gasteiger partial charge in [-0.3, -0.25) is 4.79 Å². The second-order valence-corrected chi connectivity index (χ2v) is 39.6. The van der Waals surface area contributed by atoms with Gasteiger partial charge in [-0.05, 0) is 130 Å². The summed E-state index contributed by atoms with van der Waals surface area (Å²) >= 11 is 0. The molecule has 720 valence electrons. The zero-order valence-corrected chi connectivity index (χ0v) is 71.5. The van der Waals surface area contributed by atoms with E-state index in [0.717, 1.165) is 18.4 Å². The van der Waals surface area contributed by atoms with Gasteiger partial charge in [0.05, 0.1) is 69.5 Å². The van der Waals surface area contributed by atoms with Crippen LogP contribution in [0.5, 0.6) is 0 Å². The van der Waals surface area contributed by atoms with E-state index in [-0.39, 0.29) is 28.6 Å². The molecule has 0 aromatic heterocycles. The molecule has 125 heavy (non-hydrogen) atoms. The Bertz CT molecular complexity index is 3610. The van der Waals surface area contributed by atoms with Gasteiger partial charge in [-0.1, -0.05) is 60.1 Å². The lowest BCUT2D eigenvalue weighted by atomic mass is 9.33. The zero-order valence-electron chi connectivity index (χ0n) is 71.5. The summed E-state index contributed by atoms with van der Waals surface area (Å²) in [5.41, 5.74) is -1.99. The summed E-state index contributed by atoms with van der Waals surface area (Å²) in [5.74, 6) is -0.857. The number of esters is 1. The number of allylic oxidation sites excluding steroid dienone is 2. The van der Waals surface area contributed by atoms with Crippen molar-refractivity contribution < 1.29 is 213 Å². The molecule has 9 heterocycles. The maximum absolute atomic E-state index is 15.5. The van der Waals surface area contributed by atoms with Crippen LogP contribution in [-0.4, -0.2) is 438 Å². The average Bonchev–Trinajstić information content (AvgIpc) is 0.672. The van der Waals surface area contributed by atoms with E-state index in [4.69, 9.17) is 85.3 Å². The van der Waals surface area contributed by atoms with Gasteiger partial charge in [0, 0.05) is 0 Å². The molecule has 43 nitrogen and oxygen atoms in total. The van der Waals surface area contributed by atoms with E-state index in [0.29, 0.717) is 51.4 Å². The Hall–Kier alpha value is -2.43. The first-order valence-electron chi connectivity index (χ1n) is 43.7. The molecule has 0 spiro atoms. The van der Waals surface area contributed by atoms with Crippen LogP contribution in [0.3, 0.4) is 0 Å². The van der Waals surface area contributed by atoms with Crippen molar-refractivity contribution in [2.24, 2.45) is 50.2 Å². The van der Waals surface area contributed by atoms with Gasteiger partial charge in [0.2, 0.25) is 6.29 Å². The molecule has 43 heteroatoms. The number of carbonyl (C=O) groups is 1. The van der Waals surface area contributed by atoms with Gasteiger partial charge >= 0.3 is 5.97 Å². The highest BCUT2D eigenvalue weighted by molar-refractivity contribution is 5.79. The minimum Gasteiger partial charge on any atom is -0.432 e. The van der Waals surface area contributed by atoms with Crippen molar-refractivity contribution in [2.75, 3.05) is 39.6 Å². The van der Waals surface area contributed by atoms with Gasteiger partial charge in [0.1, 0.15) is 189 Å². The number of aliphatic hydroxyl groups excluding tert-OH is 24. The normalized spacial score (nSPS) is 54.9. The second-order valence-electron chi connectivity index (χ2n) is 39.6. The van der Waals surface area contributed by atoms with Crippen LogP contribution in [-0.2, 0) is 90.1 Å². The maximum atomic E-state index is 15.5. The van der Waals surface area contributed by atoms with Crippen LogP contribution in [0.1, 0.15) is 133 Å². The van der Waals surface area contributed by atoms with Gasteiger partial charge in [-0.25, -0.2) is 0 Å². The third-order valence-corrected chi connectivity index (χ3v) is 30.8. The molecule has 9 saturated heterocycles.